The second-order valence-corrected chi connectivity index (χ2v) is 2.30. The maximum absolute atomic E-state index is 5.76. The van der Waals surface area contributed by atoms with Crippen LogP contribution < -0.4 is 0 Å². The number of para-hydroxylation sites is 1. The predicted molar refractivity (Wildman–Crippen MR) is 37.9 cm³/mol. The molecular weight excluding hydrogens is 150 g/mol. The van der Waals surface area contributed by atoms with E-state index in [1.165, 1.54) is 0 Å². The van der Waals surface area contributed by atoms with Crippen LogP contribution in [0.5, 0.6) is 0 Å². The van der Waals surface area contributed by atoms with E-state index in [4.69, 9.17) is 16.0 Å². The second kappa shape index (κ2) is 1.99. The molecule has 10 heavy (non-hydrogen) atoms. The number of fused-ring (bicyclic) bond motifs is 1. The summed E-state index contributed by atoms with van der Waals surface area (Å²) in [6, 6.07) is 5.37. The summed E-state index contributed by atoms with van der Waals surface area (Å²) in [5.41, 5.74) is 1.34. The Kier molecular flexibility index (Phi) is 1.14. The van der Waals surface area contributed by atoms with Gasteiger partial charge in [0.15, 0.2) is 5.58 Å². The summed E-state index contributed by atoms with van der Waals surface area (Å²) in [5, 5.41) is 0.600. The standard InChI is InChI=1S/C7H3ClNO/c8-5-2-1-3-6-7(5)9-4-10-6/h1-3H. The normalized spacial score (nSPS) is 10.5. The van der Waals surface area contributed by atoms with E-state index < -0.39 is 0 Å². The number of oxazole rings is 1. The molecule has 0 aliphatic rings. The van der Waals surface area contributed by atoms with Gasteiger partial charge in [-0.05, 0) is 12.1 Å². The lowest BCUT2D eigenvalue weighted by molar-refractivity contribution is 0.591. The Morgan fingerprint density at radius 1 is 1.50 bits per heavy atom. The fourth-order valence-electron chi connectivity index (χ4n) is 0.804. The highest BCUT2D eigenvalue weighted by molar-refractivity contribution is 6.34. The average Bonchev–Trinajstić information content (AvgIpc) is 2.36. The van der Waals surface area contributed by atoms with Gasteiger partial charge in [0.2, 0.25) is 0 Å². The first-order chi connectivity index (χ1) is 4.88. The first kappa shape index (κ1) is 5.74. The van der Waals surface area contributed by atoms with Crippen molar-refractivity contribution >= 4 is 22.7 Å². The zero-order valence-corrected chi connectivity index (χ0v) is 5.72. The van der Waals surface area contributed by atoms with Crippen molar-refractivity contribution in [2.75, 3.05) is 0 Å². The van der Waals surface area contributed by atoms with E-state index in [0.717, 1.165) is 0 Å². The molecule has 0 N–H and O–H groups in total. The fourth-order valence-corrected chi connectivity index (χ4v) is 1.01. The van der Waals surface area contributed by atoms with E-state index >= 15 is 0 Å². The molecule has 1 heterocycles. The molecule has 1 aromatic heterocycles. The minimum absolute atomic E-state index is 0.600. The van der Waals surface area contributed by atoms with Crippen molar-refractivity contribution < 1.29 is 4.42 Å². The highest BCUT2D eigenvalue weighted by atomic mass is 35.5. The monoisotopic (exact) mass is 152 g/mol. The molecule has 1 radical (unpaired) electrons. The van der Waals surface area contributed by atoms with Gasteiger partial charge in [0.05, 0.1) is 5.02 Å². The topological polar surface area (TPSA) is 26.0 Å². The van der Waals surface area contributed by atoms with Crippen molar-refractivity contribution in [2.45, 2.75) is 0 Å². The van der Waals surface area contributed by atoms with Crippen LogP contribution in [0, 0.1) is 6.39 Å². The van der Waals surface area contributed by atoms with Crippen molar-refractivity contribution in [3.05, 3.63) is 29.6 Å². The molecule has 49 valence electrons. The highest BCUT2D eigenvalue weighted by Gasteiger charge is 2.00. The second-order valence-electron chi connectivity index (χ2n) is 1.89. The molecule has 0 amide bonds. The van der Waals surface area contributed by atoms with Crippen LogP contribution in [0.2, 0.25) is 5.02 Å². The molecule has 0 saturated carbocycles. The van der Waals surface area contributed by atoms with Gasteiger partial charge in [0.1, 0.15) is 5.52 Å². The highest BCUT2D eigenvalue weighted by Crippen LogP contribution is 2.20. The Morgan fingerprint density at radius 2 is 2.40 bits per heavy atom. The number of rotatable bonds is 0. The minimum Gasteiger partial charge on any atom is -0.432 e. The van der Waals surface area contributed by atoms with Gasteiger partial charge in [-0.25, -0.2) is 4.98 Å². The molecule has 0 aliphatic heterocycles. The SMILES string of the molecule is Clc1cccc2o[c]nc12. The van der Waals surface area contributed by atoms with E-state index in [9.17, 15) is 0 Å². The summed E-state index contributed by atoms with van der Waals surface area (Å²) >= 11 is 5.76. The van der Waals surface area contributed by atoms with Crippen LogP contribution in [0.25, 0.3) is 11.1 Å². The molecule has 0 bridgehead atoms. The lowest BCUT2D eigenvalue weighted by atomic mass is 10.3. The van der Waals surface area contributed by atoms with Crippen LogP contribution in [0.3, 0.4) is 0 Å². The number of hydrogen-bond donors (Lipinski definition) is 0. The van der Waals surface area contributed by atoms with Crippen LogP contribution in [-0.4, -0.2) is 4.98 Å². The van der Waals surface area contributed by atoms with Crippen molar-refractivity contribution in [2.24, 2.45) is 0 Å². The van der Waals surface area contributed by atoms with Gasteiger partial charge < -0.3 is 4.42 Å². The van der Waals surface area contributed by atoms with Gasteiger partial charge in [-0.15, -0.1) is 0 Å². The summed E-state index contributed by atoms with van der Waals surface area (Å²) in [4.78, 5) is 3.79. The largest absolute Gasteiger partial charge is 0.432 e. The molecule has 2 rings (SSSR count). The van der Waals surface area contributed by atoms with Crippen LogP contribution in [0.4, 0.5) is 0 Å². The van der Waals surface area contributed by atoms with Crippen LogP contribution >= 0.6 is 11.6 Å². The quantitative estimate of drug-likeness (QED) is 0.579. The molecular formula is C7H3ClNO. The summed E-state index contributed by atoms with van der Waals surface area (Å²) in [7, 11) is 0. The molecule has 2 nitrogen and oxygen atoms in total. The van der Waals surface area contributed by atoms with Gasteiger partial charge in [-0.1, -0.05) is 17.7 Å². The molecule has 0 unspecified atom stereocenters. The first-order valence-electron chi connectivity index (χ1n) is 2.79. The third kappa shape index (κ3) is 0.693. The van der Waals surface area contributed by atoms with Crippen molar-refractivity contribution in [3.8, 4) is 0 Å². The fraction of sp³-hybridized carbons (Fsp3) is 0. The van der Waals surface area contributed by atoms with Gasteiger partial charge in [-0.3, -0.25) is 0 Å². The summed E-state index contributed by atoms with van der Waals surface area (Å²) in [6.07, 6.45) is 2.37. The van der Waals surface area contributed by atoms with E-state index in [0.29, 0.717) is 16.1 Å². The first-order valence-corrected chi connectivity index (χ1v) is 3.17. The molecule has 0 fully saturated rings. The minimum atomic E-state index is 0.600. The smallest absolute Gasteiger partial charge is 0.284 e. The van der Waals surface area contributed by atoms with E-state index in [1.54, 1.807) is 12.1 Å². The summed E-state index contributed by atoms with van der Waals surface area (Å²) in [5.74, 6) is 0. The number of hydrogen-bond acceptors (Lipinski definition) is 2. The molecule has 3 heteroatoms. The lowest BCUT2D eigenvalue weighted by Crippen LogP contribution is -1.67. The lowest BCUT2D eigenvalue weighted by Gasteiger charge is -1.86. The molecule has 0 spiro atoms. The molecule has 0 aliphatic carbocycles. The Labute approximate surface area is 62.4 Å². The number of halogens is 1. The predicted octanol–water partition coefficient (Wildman–Crippen LogP) is 2.28. The zero-order chi connectivity index (χ0) is 6.97. The third-order valence-electron chi connectivity index (χ3n) is 1.26. The van der Waals surface area contributed by atoms with Crippen molar-refractivity contribution in [1.29, 1.82) is 0 Å². The van der Waals surface area contributed by atoms with Crippen LogP contribution in [0.1, 0.15) is 0 Å². The number of aromatic nitrogens is 1. The average molecular weight is 153 g/mol. The number of nitrogens with zero attached hydrogens (tertiary/aromatic N) is 1. The molecule has 2 aromatic rings. The van der Waals surface area contributed by atoms with Gasteiger partial charge in [0, 0.05) is 0 Å². The maximum Gasteiger partial charge on any atom is 0.284 e. The van der Waals surface area contributed by atoms with E-state index in [-0.39, 0.29) is 0 Å². The molecule has 1 aromatic carbocycles. The van der Waals surface area contributed by atoms with E-state index in [1.807, 2.05) is 6.07 Å². The zero-order valence-electron chi connectivity index (χ0n) is 4.97. The van der Waals surface area contributed by atoms with Crippen molar-refractivity contribution in [1.82, 2.24) is 4.98 Å². The van der Waals surface area contributed by atoms with Crippen LogP contribution in [-0.2, 0) is 0 Å². The summed E-state index contributed by atoms with van der Waals surface area (Å²) in [6.45, 7) is 0. The Balaban J connectivity index is 2.95. The summed E-state index contributed by atoms with van der Waals surface area (Å²) < 4.78 is 4.88. The maximum atomic E-state index is 5.76. The third-order valence-corrected chi connectivity index (χ3v) is 1.57. The Morgan fingerprint density at radius 3 is 3.20 bits per heavy atom. The molecule has 0 atom stereocenters. The number of benzene rings is 1. The van der Waals surface area contributed by atoms with Gasteiger partial charge in [-0.2, -0.15) is 0 Å². The molecule has 0 saturated heterocycles. The van der Waals surface area contributed by atoms with Crippen molar-refractivity contribution in [3.63, 3.8) is 0 Å². The van der Waals surface area contributed by atoms with Gasteiger partial charge in [0.25, 0.3) is 6.39 Å². The van der Waals surface area contributed by atoms with Gasteiger partial charge >= 0.3 is 0 Å². The van der Waals surface area contributed by atoms with Crippen LogP contribution in [0.15, 0.2) is 22.6 Å². The Hall–Kier alpha value is -1.02. The van der Waals surface area contributed by atoms with E-state index in [2.05, 4.69) is 11.4 Å². The Bertz CT molecular complexity index is 355.